The smallest absolute Gasteiger partial charge is 0.258 e. The summed E-state index contributed by atoms with van der Waals surface area (Å²) in [5, 5.41) is 5.05. The fraction of sp³-hybridized carbons (Fsp3) is 0.304. The zero-order valence-electron chi connectivity index (χ0n) is 17.0. The van der Waals surface area contributed by atoms with Gasteiger partial charge in [-0.05, 0) is 61.4 Å². The number of aromatic nitrogens is 3. The Bertz CT molecular complexity index is 1320. The zero-order valence-corrected chi connectivity index (χ0v) is 17.7. The molecule has 0 bridgehead atoms. The first-order valence-electron chi connectivity index (χ1n) is 10.2. The third-order valence-corrected chi connectivity index (χ3v) is 6.13. The molecule has 1 aliphatic heterocycles. The Morgan fingerprint density at radius 3 is 2.97 bits per heavy atom. The van der Waals surface area contributed by atoms with Crippen LogP contribution in [0.1, 0.15) is 24.0 Å². The topological polar surface area (TPSA) is 71.4 Å². The third kappa shape index (κ3) is 3.26. The van der Waals surface area contributed by atoms with Crippen LogP contribution in [0.25, 0.3) is 27.8 Å². The van der Waals surface area contributed by atoms with E-state index in [-0.39, 0.29) is 11.7 Å². The number of aromatic amines is 1. The predicted molar refractivity (Wildman–Crippen MR) is 121 cm³/mol. The van der Waals surface area contributed by atoms with Crippen LogP contribution in [-0.2, 0) is 4.74 Å². The van der Waals surface area contributed by atoms with Gasteiger partial charge in [0.15, 0.2) is 0 Å². The molecule has 1 fully saturated rings. The average molecular weight is 423 g/mol. The van der Waals surface area contributed by atoms with Crippen LogP contribution < -0.4 is 10.9 Å². The molecule has 0 saturated carbocycles. The summed E-state index contributed by atoms with van der Waals surface area (Å²) >= 11 is 6.25. The molecule has 154 valence electrons. The largest absolute Gasteiger partial charge is 0.376 e. The molecule has 1 saturated heterocycles. The molecule has 1 atom stereocenters. The molecule has 6 nitrogen and oxygen atoms in total. The first-order chi connectivity index (χ1) is 14.5. The Balaban J connectivity index is 1.67. The first kappa shape index (κ1) is 19.2. The van der Waals surface area contributed by atoms with Crippen molar-refractivity contribution in [3.05, 3.63) is 63.0 Å². The zero-order chi connectivity index (χ0) is 20.8. The molecule has 0 amide bonds. The number of fused-ring (bicyclic) bond motifs is 2. The minimum Gasteiger partial charge on any atom is -0.376 e. The monoisotopic (exact) mass is 422 g/mol. The number of rotatable bonds is 4. The number of imidazole rings is 1. The first-order valence-corrected chi connectivity index (χ1v) is 10.6. The van der Waals surface area contributed by atoms with Crippen molar-refractivity contribution < 1.29 is 4.74 Å². The molecule has 0 radical (unpaired) electrons. The second-order valence-electron chi connectivity index (χ2n) is 7.88. The lowest BCUT2D eigenvalue weighted by atomic mass is 10.0. The van der Waals surface area contributed by atoms with E-state index in [1.807, 2.05) is 42.6 Å². The summed E-state index contributed by atoms with van der Waals surface area (Å²) in [6.45, 7) is 5.51. The van der Waals surface area contributed by atoms with Gasteiger partial charge in [0.05, 0.1) is 22.2 Å². The second kappa shape index (κ2) is 7.45. The van der Waals surface area contributed by atoms with Crippen LogP contribution in [-0.4, -0.2) is 33.6 Å². The minimum absolute atomic E-state index is 0.156. The summed E-state index contributed by atoms with van der Waals surface area (Å²) in [7, 11) is 0. The van der Waals surface area contributed by atoms with Gasteiger partial charge in [-0.3, -0.25) is 9.20 Å². The van der Waals surface area contributed by atoms with E-state index in [2.05, 4.69) is 16.4 Å². The van der Waals surface area contributed by atoms with Crippen molar-refractivity contribution in [1.29, 1.82) is 0 Å². The highest BCUT2D eigenvalue weighted by atomic mass is 35.5. The Morgan fingerprint density at radius 2 is 2.17 bits per heavy atom. The highest BCUT2D eigenvalue weighted by Gasteiger charge is 2.21. The lowest BCUT2D eigenvalue weighted by molar-refractivity contribution is 0.120. The molecule has 5 rings (SSSR count). The van der Waals surface area contributed by atoms with Gasteiger partial charge in [-0.15, -0.1) is 0 Å². The van der Waals surface area contributed by atoms with E-state index in [0.717, 1.165) is 52.9 Å². The summed E-state index contributed by atoms with van der Waals surface area (Å²) in [6.07, 6.45) is 4.06. The predicted octanol–water partition coefficient (Wildman–Crippen LogP) is 4.70. The Kier molecular flexibility index (Phi) is 4.76. The van der Waals surface area contributed by atoms with Gasteiger partial charge in [-0.25, -0.2) is 4.98 Å². The van der Waals surface area contributed by atoms with Crippen LogP contribution in [0.3, 0.4) is 0 Å². The van der Waals surface area contributed by atoms with Crippen molar-refractivity contribution in [2.45, 2.75) is 32.8 Å². The second-order valence-corrected chi connectivity index (χ2v) is 8.32. The number of benzene rings is 1. The number of ether oxygens (including phenoxy) is 1. The number of anilines is 1. The van der Waals surface area contributed by atoms with Crippen molar-refractivity contribution in [3.63, 3.8) is 0 Å². The SMILES string of the molecule is Cc1ccc2cc(-c3nc4ccc(Cl)cn4c3NC[C@@H]3CCCO3)c(=O)[nH]c2c1C. The molecule has 2 N–H and O–H groups in total. The van der Waals surface area contributed by atoms with Gasteiger partial charge in [-0.2, -0.15) is 0 Å². The molecule has 0 spiro atoms. The highest BCUT2D eigenvalue weighted by Crippen LogP contribution is 2.30. The van der Waals surface area contributed by atoms with E-state index in [1.165, 1.54) is 0 Å². The molecule has 0 aliphatic carbocycles. The Labute approximate surface area is 178 Å². The fourth-order valence-corrected chi connectivity index (χ4v) is 4.25. The molecule has 1 aliphatic rings. The fourth-order valence-electron chi connectivity index (χ4n) is 4.09. The van der Waals surface area contributed by atoms with E-state index >= 15 is 0 Å². The van der Waals surface area contributed by atoms with E-state index in [9.17, 15) is 4.79 Å². The van der Waals surface area contributed by atoms with Gasteiger partial charge in [0.2, 0.25) is 0 Å². The molecule has 30 heavy (non-hydrogen) atoms. The van der Waals surface area contributed by atoms with Crippen LogP contribution in [0, 0.1) is 13.8 Å². The van der Waals surface area contributed by atoms with E-state index in [1.54, 1.807) is 6.07 Å². The van der Waals surface area contributed by atoms with Gasteiger partial charge in [0.25, 0.3) is 5.56 Å². The van der Waals surface area contributed by atoms with Crippen LogP contribution in [0.2, 0.25) is 5.02 Å². The molecule has 1 aromatic carbocycles. The minimum atomic E-state index is -0.161. The van der Waals surface area contributed by atoms with Gasteiger partial charge in [-0.1, -0.05) is 23.7 Å². The molecule has 4 aromatic rings. The number of pyridine rings is 2. The summed E-state index contributed by atoms with van der Waals surface area (Å²) in [6, 6.07) is 9.67. The van der Waals surface area contributed by atoms with Crippen molar-refractivity contribution in [1.82, 2.24) is 14.4 Å². The normalized spacial score (nSPS) is 16.6. The van der Waals surface area contributed by atoms with Crippen LogP contribution in [0.4, 0.5) is 5.82 Å². The van der Waals surface area contributed by atoms with Crippen molar-refractivity contribution in [3.8, 4) is 11.3 Å². The lowest BCUT2D eigenvalue weighted by Gasteiger charge is -2.13. The van der Waals surface area contributed by atoms with Crippen LogP contribution in [0.15, 0.2) is 41.3 Å². The van der Waals surface area contributed by atoms with Gasteiger partial charge < -0.3 is 15.0 Å². The van der Waals surface area contributed by atoms with Crippen molar-refractivity contribution in [2.75, 3.05) is 18.5 Å². The van der Waals surface area contributed by atoms with Gasteiger partial charge in [0, 0.05) is 19.3 Å². The number of nitrogens with zero attached hydrogens (tertiary/aromatic N) is 2. The molecule has 3 aromatic heterocycles. The number of hydrogen-bond acceptors (Lipinski definition) is 4. The van der Waals surface area contributed by atoms with E-state index in [0.29, 0.717) is 22.8 Å². The summed E-state index contributed by atoms with van der Waals surface area (Å²) in [4.78, 5) is 20.9. The number of nitrogens with one attached hydrogen (secondary N) is 2. The molecular weight excluding hydrogens is 400 g/mol. The van der Waals surface area contributed by atoms with Crippen molar-refractivity contribution in [2.24, 2.45) is 0 Å². The van der Waals surface area contributed by atoms with E-state index in [4.69, 9.17) is 21.3 Å². The highest BCUT2D eigenvalue weighted by molar-refractivity contribution is 6.30. The van der Waals surface area contributed by atoms with Gasteiger partial charge >= 0.3 is 0 Å². The molecule has 7 heteroatoms. The van der Waals surface area contributed by atoms with Crippen LogP contribution in [0.5, 0.6) is 0 Å². The number of H-pyrrole nitrogens is 1. The van der Waals surface area contributed by atoms with E-state index < -0.39 is 0 Å². The summed E-state index contributed by atoms with van der Waals surface area (Å²) in [5.74, 6) is 0.747. The number of halogens is 1. The average Bonchev–Trinajstić information content (AvgIpc) is 3.37. The lowest BCUT2D eigenvalue weighted by Crippen LogP contribution is -2.20. The molecular formula is C23H23ClN4O2. The number of aryl methyl sites for hydroxylation is 2. The summed E-state index contributed by atoms with van der Waals surface area (Å²) < 4.78 is 7.65. The maximum absolute atomic E-state index is 13.1. The maximum Gasteiger partial charge on any atom is 0.258 e. The molecule has 0 unspecified atom stereocenters. The maximum atomic E-state index is 13.1. The Hall–Kier alpha value is -2.83. The van der Waals surface area contributed by atoms with Crippen LogP contribution >= 0.6 is 11.6 Å². The standard InChI is InChI=1S/C23H23ClN4O2/c1-13-5-6-15-10-18(23(29)27-20(15)14(13)2)21-22(25-11-17-4-3-9-30-17)28-12-16(24)7-8-19(28)26-21/h5-8,10,12,17,25H,3-4,9,11H2,1-2H3,(H,27,29)/t17-/m0/s1. The van der Waals surface area contributed by atoms with Gasteiger partial charge in [0.1, 0.15) is 17.2 Å². The summed E-state index contributed by atoms with van der Waals surface area (Å²) in [5.41, 5.74) is 4.79. The van der Waals surface area contributed by atoms with Crippen molar-refractivity contribution >= 4 is 34.0 Å². The quantitative estimate of drug-likeness (QED) is 0.500. The molecule has 4 heterocycles. The Morgan fingerprint density at radius 1 is 1.30 bits per heavy atom. The third-order valence-electron chi connectivity index (χ3n) is 5.91. The number of hydrogen-bond donors (Lipinski definition) is 2.